The first kappa shape index (κ1) is 13.1. The summed E-state index contributed by atoms with van der Waals surface area (Å²) in [6.07, 6.45) is 13.8. The summed E-state index contributed by atoms with van der Waals surface area (Å²) in [6.45, 7) is 4.83. The molecule has 1 heteroatoms. The number of carbonyl (C=O) groups is 1. The van der Waals surface area contributed by atoms with Crippen LogP contribution in [0.5, 0.6) is 0 Å². The van der Waals surface area contributed by atoms with Gasteiger partial charge in [0.15, 0.2) is 0 Å². The molecular formula is C19H28O. The van der Waals surface area contributed by atoms with Gasteiger partial charge in [0.05, 0.1) is 0 Å². The van der Waals surface area contributed by atoms with Crippen molar-refractivity contribution in [2.24, 2.45) is 28.6 Å². The molecule has 0 N–H and O–H groups in total. The van der Waals surface area contributed by atoms with Crippen LogP contribution in [-0.4, -0.2) is 5.78 Å². The molecule has 3 fully saturated rings. The quantitative estimate of drug-likeness (QED) is 0.573. The lowest BCUT2D eigenvalue weighted by molar-refractivity contribution is -0.143. The zero-order valence-electron chi connectivity index (χ0n) is 13.1. The van der Waals surface area contributed by atoms with Gasteiger partial charge in [-0.2, -0.15) is 0 Å². The van der Waals surface area contributed by atoms with Gasteiger partial charge in [0.25, 0.3) is 0 Å². The van der Waals surface area contributed by atoms with Gasteiger partial charge >= 0.3 is 0 Å². The number of hydrogen-bond donors (Lipinski definition) is 0. The van der Waals surface area contributed by atoms with Gasteiger partial charge < -0.3 is 0 Å². The van der Waals surface area contributed by atoms with Gasteiger partial charge in [-0.25, -0.2) is 0 Å². The van der Waals surface area contributed by atoms with E-state index in [4.69, 9.17) is 0 Å². The number of Topliss-reactive ketones (excluding diaryl/α,β-unsaturated/α-hetero) is 1. The molecule has 3 saturated carbocycles. The van der Waals surface area contributed by atoms with Crippen molar-refractivity contribution in [1.82, 2.24) is 0 Å². The predicted octanol–water partition coefficient (Wildman–Crippen LogP) is 4.91. The van der Waals surface area contributed by atoms with Crippen molar-refractivity contribution in [3.63, 3.8) is 0 Å². The van der Waals surface area contributed by atoms with Crippen LogP contribution >= 0.6 is 0 Å². The summed E-state index contributed by atoms with van der Waals surface area (Å²) >= 11 is 0. The van der Waals surface area contributed by atoms with Crippen molar-refractivity contribution in [2.75, 3.05) is 0 Å². The SMILES string of the molecule is C[C@@]12CCC[C@H]1[C@@H]1CCC3=CCCC[C@]3(C)[C@H]1C(=O)C2. The van der Waals surface area contributed by atoms with Crippen LogP contribution in [0.3, 0.4) is 0 Å². The van der Waals surface area contributed by atoms with Crippen molar-refractivity contribution in [3.05, 3.63) is 11.6 Å². The van der Waals surface area contributed by atoms with E-state index in [1.165, 1.54) is 51.4 Å². The van der Waals surface area contributed by atoms with Gasteiger partial charge in [-0.3, -0.25) is 4.79 Å². The fourth-order valence-electron chi connectivity index (χ4n) is 6.59. The smallest absolute Gasteiger partial charge is 0.137 e. The lowest BCUT2D eigenvalue weighted by Gasteiger charge is -2.56. The number of rotatable bonds is 0. The number of carbonyl (C=O) groups excluding carboxylic acids is 1. The maximum absolute atomic E-state index is 13.0. The molecule has 0 aromatic heterocycles. The first-order valence-electron chi connectivity index (χ1n) is 8.77. The monoisotopic (exact) mass is 272 g/mol. The summed E-state index contributed by atoms with van der Waals surface area (Å²) < 4.78 is 0. The minimum Gasteiger partial charge on any atom is -0.299 e. The van der Waals surface area contributed by atoms with Crippen molar-refractivity contribution < 1.29 is 4.79 Å². The van der Waals surface area contributed by atoms with E-state index < -0.39 is 0 Å². The Hall–Kier alpha value is -0.590. The third-order valence-corrected chi connectivity index (χ3v) is 7.49. The largest absolute Gasteiger partial charge is 0.299 e. The van der Waals surface area contributed by atoms with Crippen molar-refractivity contribution in [2.45, 2.75) is 71.6 Å². The Balaban J connectivity index is 1.76. The Morgan fingerprint density at radius 2 is 2.00 bits per heavy atom. The van der Waals surface area contributed by atoms with E-state index in [1.807, 2.05) is 0 Å². The maximum atomic E-state index is 13.0. The van der Waals surface area contributed by atoms with E-state index in [1.54, 1.807) is 5.57 Å². The van der Waals surface area contributed by atoms with Gasteiger partial charge in [0.2, 0.25) is 0 Å². The Bertz CT molecular complexity index is 476. The summed E-state index contributed by atoms with van der Waals surface area (Å²) in [7, 11) is 0. The summed E-state index contributed by atoms with van der Waals surface area (Å²) in [5.74, 6) is 2.51. The fraction of sp³-hybridized carbons (Fsp3) is 0.842. The fourth-order valence-corrected chi connectivity index (χ4v) is 6.59. The average molecular weight is 272 g/mol. The standard InChI is InChI=1S/C19H28O/c1-18-10-5-7-15(18)14-9-8-13-6-3-4-11-19(13,2)17(14)16(20)12-18/h6,14-15,17H,3-5,7-12H2,1-2H3/t14-,15-,17+,18-,19-/m0/s1. The summed E-state index contributed by atoms with van der Waals surface area (Å²) in [6, 6.07) is 0. The van der Waals surface area contributed by atoms with Crippen LogP contribution in [-0.2, 0) is 4.79 Å². The lowest BCUT2D eigenvalue weighted by atomic mass is 9.47. The van der Waals surface area contributed by atoms with E-state index >= 15 is 0 Å². The molecule has 4 rings (SSSR count). The van der Waals surface area contributed by atoms with Crippen LogP contribution in [0.15, 0.2) is 11.6 Å². The first-order valence-corrected chi connectivity index (χ1v) is 8.77. The highest BCUT2D eigenvalue weighted by Crippen LogP contribution is 2.64. The summed E-state index contributed by atoms with van der Waals surface area (Å²) in [4.78, 5) is 13.0. The maximum Gasteiger partial charge on any atom is 0.137 e. The zero-order valence-corrected chi connectivity index (χ0v) is 13.1. The average Bonchev–Trinajstić information content (AvgIpc) is 2.78. The molecule has 0 saturated heterocycles. The van der Waals surface area contributed by atoms with E-state index in [2.05, 4.69) is 19.9 Å². The Kier molecular flexibility index (Phi) is 2.76. The molecule has 0 amide bonds. The van der Waals surface area contributed by atoms with Crippen LogP contribution in [0.2, 0.25) is 0 Å². The molecule has 110 valence electrons. The zero-order chi connectivity index (χ0) is 14.0. The third-order valence-electron chi connectivity index (χ3n) is 7.49. The van der Waals surface area contributed by atoms with Crippen LogP contribution in [0.4, 0.5) is 0 Å². The van der Waals surface area contributed by atoms with Gasteiger partial charge in [-0.05, 0) is 67.6 Å². The molecule has 0 aromatic carbocycles. The molecule has 4 aliphatic rings. The number of ketones is 1. The summed E-state index contributed by atoms with van der Waals surface area (Å²) in [5, 5.41) is 0. The molecule has 5 atom stereocenters. The highest BCUT2D eigenvalue weighted by molar-refractivity contribution is 5.84. The lowest BCUT2D eigenvalue weighted by Crippen LogP contribution is -2.53. The minimum absolute atomic E-state index is 0.224. The molecule has 0 bridgehead atoms. The van der Waals surface area contributed by atoms with E-state index in [9.17, 15) is 4.79 Å². The second kappa shape index (κ2) is 4.21. The predicted molar refractivity (Wildman–Crippen MR) is 81.3 cm³/mol. The van der Waals surface area contributed by atoms with E-state index in [0.717, 1.165) is 12.3 Å². The number of allylic oxidation sites excluding steroid dienone is 2. The normalized spacial score (nSPS) is 51.0. The molecule has 20 heavy (non-hydrogen) atoms. The van der Waals surface area contributed by atoms with E-state index in [-0.39, 0.29) is 5.41 Å². The molecular weight excluding hydrogens is 244 g/mol. The van der Waals surface area contributed by atoms with Crippen LogP contribution in [0.25, 0.3) is 0 Å². The van der Waals surface area contributed by atoms with Crippen molar-refractivity contribution in [1.29, 1.82) is 0 Å². The van der Waals surface area contributed by atoms with Crippen LogP contribution < -0.4 is 0 Å². The molecule has 0 aromatic rings. The molecule has 0 aliphatic heterocycles. The molecule has 0 radical (unpaired) electrons. The minimum atomic E-state index is 0.224. The van der Waals surface area contributed by atoms with Gasteiger partial charge in [-0.1, -0.05) is 31.9 Å². The van der Waals surface area contributed by atoms with Crippen LogP contribution in [0, 0.1) is 28.6 Å². The van der Waals surface area contributed by atoms with Gasteiger partial charge in [0, 0.05) is 12.3 Å². The number of fused-ring (bicyclic) bond motifs is 5. The Morgan fingerprint density at radius 1 is 1.15 bits per heavy atom. The number of hydrogen-bond acceptors (Lipinski definition) is 1. The topological polar surface area (TPSA) is 17.1 Å². The van der Waals surface area contributed by atoms with Gasteiger partial charge in [0.1, 0.15) is 5.78 Å². The Labute approximate surface area is 123 Å². The van der Waals surface area contributed by atoms with Crippen LogP contribution in [0.1, 0.15) is 71.6 Å². The first-order chi connectivity index (χ1) is 9.55. The molecule has 4 aliphatic carbocycles. The van der Waals surface area contributed by atoms with Crippen molar-refractivity contribution >= 4 is 5.78 Å². The highest BCUT2D eigenvalue weighted by atomic mass is 16.1. The molecule has 0 heterocycles. The molecule has 1 nitrogen and oxygen atoms in total. The summed E-state index contributed by atoms with van der Waals surface area (Å²) in [5.41, 5.74) is 2.21. The highest BCUT2D eigenvalue weighted by Gasteiger charge is 2.59. The third kappa shape index (κ3) is 1.58. The van der Waals surface area contributed by atoms with Gasteiger partial charge in [-0.15, -0.1) is 0 Å². The van der Waals surface area contributed by atoms with E-state index in [0.29, 0.717) is 23.0 Å². The Morgan fingerprint density at radius 3 is 2.85 bits per heavy atom. The second-order valence-corrected chi connectivity index (χ2v) is 8.52. The van der Waals surface area contributed by atoms with Crippen molar-refractivity contribution in [3.8, 4) is 0 Å². The molecule has 0 spiro atoms. The second-order valence-electron chi connectivity index (χ2n) is 8.52. The molecule has 0 unspecified atom stereocenters.